The van der Waals surface area contributed by atoms with E-state index in [1.54, 1.807) is 13.8 Å². The molecule has 1 aromatic rings. The molecule has 4 nitrogen and oxygen atoms in total. The standard InChI is InChI=1S/C12H15FO4/c1-7(2)17-12-8(5-11(14)15)4-9(13)6-10(12)16-3/h4,6-7H,5H2,1-3H3,(H,14,15). The van der Waals surface area contributed by atoms with Crippen molar-refractivity contribution in [2.45, 2.75) is 26.4 Å². The lowest BCUT2D eigenvalue weighted by Crippen LogP contribution is -2.11. The molecule has 0 fully saturated rings. The number of benzene rings is 1. The summed E-state index contributed by atoms with van der Waals surface area (Å²) in [5.74, 6) is -1.11. The monoisotopic (exact) mass is 242 g/mol. The highest BCUT2D eigenvalue weighted by Crippen LogP contribution is 2.33. The Balaban J connectivity index is 3.22. The van der Waals surface area contributed by atoms with E-state index in [1.165, 1.54) is 13.2 Å². The summed E-state index contributed by atoms with van der Waals surface area (Å²) in [4.78, 5) is 10.7. The van der Waals surface area contributed by atoms with Crippen molar-refractivity contribution in [2.75, 3.05) is 7.11 Å². The van der Waals surface area contributed by atoms with Crippen molar-refractivity contribution in [1.29, 1.82) is 0 Å². The third-order valence-corrected chi connectivity index (χ3v) is 2.01. The van der Waals surface area contributed by atoms with E-state index in [-0.39, 0.29) is 29.6 Å². The van der Waals surface area contributed by atoms with E-state index in [4.69, 9.17) is 14.6 Å². The molecule has 0 spiro atoms. The number of methoxy groups -OCH3 is 1. The number of ether oxygens (including phenoxy) is 2. The van der Waals surface area contributed by atoms with Gasteiger partial charge in [-0.15, -0.1) is 0 Å². The number of aliphatic carboxylic acids is 1. The van der Waals surface area contributed by atoms with Gasteiger partial charge in [0.25, 0.3) is 0 Å². The number of halogens is 1. The van der Waals surface area contributed by atoms with Gasteiger partial charge in [-0.3, -0.25) is 4.79 Å². The molecule has 0 radical (unpaired) electrons. The lowest BCUT2D eigenvalue weighted by Gasteiger charge is -2.16. The Labute approximate surface area is 99.0 Å². The van der Waals surface area contributed by atoms with Crippen LogP contribution in [0.4, 0.5) is 4.39 Å². The second-order valence-electron chi connectivity index (χ2n) is 3.83. The molecule has 0 saturated carbocycles. The molecule has 0 heterocycles. The van der Waals surface area contributed by atoms with Crippen LogP contribution in [0.1, 0.15) is 19.4 Å². The summed E-state index contributed by atoms with van der Waals surface area (Å²) in [5.41, 5.74) is 0.267. The Morgan fingerprint density at radius 1 is 1.47 bits per heavy atom. The van der Waals surface area contributed by atoms with Gasteiger partial charge in [0.05, 0.1) is 19.6 Å². The smallest absolute Gasteiger partial charge is 0.307 e. The van der Waals surface area contributed by atoms with E-state index in [0.29, 0.717) is 0 Å². The highest BCUT2D eigenvalue weighted by Gasteiger charge is 2.16. The minimum atomic E-state index is -1.05. The quantitative estimate of drug-likeness (QED) is 0.860. The molecule has 1 aromatic carbocycles. The van der Waals surface area contributed by atoms with Crippen molar-refractivity contribution in [2.24, 2.45) is 0 Å². The summed E-state index contributed by atoms with van der Waals surface area (Å²) < 4.78 is 23.7. The van der Waals surface area contributed by atoms with E-state index < -0.39 is 11.8 Å². The first-order valence-electron chi connectivity index (χ1n) is 5.19. The van der Waals surface area contributed by atoms with Gasteiger partial charge in [0, 0.05) is 11.6 Å². The van der Waals surface area contributed by atoms with Crippen LogP contribution in [0.2, 0.25) is 0 Å². The third-order valence-electron chi connectivity index (χ3n) is 2.01. The zero-order valence-corrected chi connectivity index (χ0v) is 9.99. The number of hydrogen-bond acceptors (Lipinski definition) is 3. The molecule has 0 aliphatic rings. The highest BCUT2D eigenvalue weighted by molar-refractivity contribution is 5.72. The molecule has 0 aliphatic heterocycles. The third kappa shape index (κ3) is 3.62. The van der Waals surface area contributed by atoms with Gasteiger partial charge in [-0.2, -0.15) is 0 Å². The van der Waals surface area contributed by atoms with Crippen molar-refractivity contribution < 1.29 is 23.8 Å². The maximum Gasteiger partial charge on any atom is 0.307 e. The van der Waals surface area contributed by atoms with Gasteiger partial charge in [0.1, 0.15) is 5.82 Å². The van der Waals surface area contributed by atoms with Gasteiger partial charge in [0.2, 0.25) is 0 Å². The van der Waals surface area contributed by atoms with E-state index in [0.717, 1.165) is 6.07 Å². The molecule has 0 bridgehead atoms. The minimum Gasteiger partial charge on any atom is -0.493 e. The summed E-state index contributed by atoms with van der Waals surface area (Å²) in [6.45, 7) is 3.60. The first-order chi connectivity index (χ1) is 7.93. The van der Waals surface area contributed by atoms with Gasteiger partial charge in [0.15, 0.2) is 11.5 Å². The zero-order valence-electron chi connectivity index (χ0n) is 9.99. The number of carbonyl (C=O) groups is 1. The van der Waals surface area contributed by atoms with Crippen LogP contribution in [-0.4, -0.2) is 24.3 Å². The van der Waals surface area contributed by atoms with Crippen molar-refractivity contribution in [1.82, 2.24) is 0 Å². The molecule has 0 amide bonds. The average Bonchev–Trinajstić information content (AvgIpc) is 2.20. The van der Waals surface area contributed by atoms with Crippen LogP contribution in [0.15, 0.2) is 12.1 Å². The first kappa shape index (κ1) is 13.3. The van der Waals surface area contributed by atoms with Crippen LogP contribution >= 0.6 is 0 Å². The summed E-state index contributed by atoms with van der Waals surface area (Å²) >= 11 is 0. The Bertz CT molecular complexity index is 415. The molecule has 0 aliphatic carbocycles. The average molecular weight is 242 g/mol. The van der Waals surface area contributed by atoms with Gasteiger partial charge in [-0.1, -0.05) is 0 Å². The maximum atomic E-state index is 13.3. The molecule has 94 valence electrons. The number of hydrogen-bond donors (Lipinski definition) is 1. The molecule has 0 atom stereocenters. The molecule has 1 N–H and O–H groups in total. The summed E-state index contributed by atoms with van der Waals surface area (Å²) in [6, 6.07) is 2.32. The highest BCUT2D eigenvalue weighted by atomic mass is 19.1. The molecule has 5 heteroatoms. The van der Waals surface area contributed by atoms with Crippen LogP contribution in [0.25, 0.3) is 0 Å². The van der Waals surface area contributed by atoms with E-state index >= 15 is 0 Å². The number of carboxylic acid groups (broad SMARTS) is 1. The lowest BCUT2D eigenvalue weighted by atomic mass is 10.1. The number of carboxylic acids is 1. The number of rotatable bonds is 5. The summed E-state index contributed by atoms with van der Waals surface area (Å²) in [7, 11) is 1.38. The lowest BCUT2D eigenvalue weighted by molar-refractivity contribution is -0.136. The van der Waals surface area contributed by atoms with E-state index in [2.05, 4.69) is 0 Å². The van der Waals surface area contributed by atoms with Crippen LogP contribution in [0.3, 0.4) is 0 Å². The van der Waals surface area contributed by atoms with Crippen LogP contribution < -0.4 is 9.47 Å². The summed E-state index contributed by atoms with van der Waals surface area (Å²) in [5, 5.41) is 8.76. The Kier molecular flexibility index (Phi) is 4.31. The van der Waals surface area contributed by atoms with Gasteiger partial charge in [-0.05, 0) is 19.9 Å². The predicted octanol–water partition coefficient (Wildman–Crippen LogP) is 2.25. The van der Waals surface area contributed by atoms with E-state index in [9.17, 15) is 9.18 Å². The Hall–Kier alpha value is -1.78. The first-order valence-corrected chi connectivity index (χ1v) is 5.19. The van der Waals surface area contributed by atoms with Crippen LogP contribution in [0, 0.1) is 5.82 Å². The molecular weight excluding hydrogens is 227 g/mol. The second kappa shape index (κ2) is 5.52. The van der Waals surface area contributed by atoms with Crippen molar-refractivity contribution in [3.63, 3.8) is 0 Å². The minimum absolute atomic E-state index is 0.151. The largest absolute Gasteiger partial charge is 0.493 e. The molecule has 1 rings (SSSR count). The normalized spacial score (nSPS) is 10.4. The molecule has 0 unspecified atom stereocenters. The van der Waals surface area contributed by atoms with Crippen LogP contribution in [-0.2, 0) is 11.2 Å². The topological polar surface area (TPSA) is 55.8 Å². The van der Waals surface area contributed by atoms with Gasteiger partial charge < -0.3 is 14.6 Å². The van der Waals surface area contributed by atoms with E-state index in [1.807, 2.05) is 0 Å². The van der Waals surface area contributed by atoms with Crippen molar-refractivity contribution in [3.05, 3.63) is 23.5 Å². The maximum absolute atomic E-state index is 13.3. The fourth-order valence-corrected chi connectivity index (χ4v) is 1.44. The van der Waals surface area contributed by atoms with Crippen molar-refractivity contribution in [3.8, 4) is 11.5 Å². The zero-order chi connectivity index (χ0) is 13.0. The molecule has 0 saturated heterocycles. The molecular formula is C12H15FO4. The predicted molar refractivity (Wildman–Crippen MR) is 60.1 cm³/mol. The van der Waals surface area contributed by atoms with Gasteiger partial charge in [-0.25, -0.2) is 4.39 Å². The fraction of sp³-hybridized carbons (Fsp3) is 0.417. The van der Waals surface area contributed by atoms with Crippen LogP contribution in [0.5, 0.6) is 11.5 Å². The SMILES string of the molecule is COc1cc(F)cc(CC(=O)O)c1OC(C)C. The molecule has 0 aromatic heterocycles. The Morgan fingerprint density at radius 2 is 2.12 bits per heavy atom. The molecule has 17 heavy (non-hydrogen) atoms. The summed E-state index contributed by atoms with van der Waals surface area (Å²) in [6.07, 6.45) is -0.460. The fourth-order valence-electron chi connectivity index (χ4n) is 1.44. The second-order valence-corrected chi connectivity index (χ2v) is 3.83. The Morgan fingerprint density at radius 3 is 2.59 bits per heavy atom. The van der Waals surface area contributed by atoms with Crippen molar-refractivity contribution >= 4 is 5.97 Å². The van der Waals surface area contributed by atoms with Gasteiger partial charge >= 0.3 is 5.97 Å².